The van der Waals surface area contributed by atoms with Crippen molar-refractivity contribution < 1.29 is 19.2 Å². The van der Waals surface area contributed by atoms with Gasteiger partial charge in [-0.25, -0.2) is 0 Å². The summed E-state index contributed by atoms with van der Waals surface area (Å²) < 4.78 is 0. The maximum Gasteiger partial charge on any atom is 0.281 e. The van der Waals surface area contributed by atoms with E-state index in [1.54, 1.807) is 12.1 Å². The van der Waals surface area contributed by atoms with Crippen molar-refractivity contribution in [3.63, 3.8) is 0 Å². The number of amides is 2. The van der Waals surface area contributed by atoms with Crippen molar-refractivity contribution in [1.29, 1.82) is 0 Å². The van der Waals surface area contributed by atoms with E-state index in [0.717, 1.165) is 0 Å². The topological polar surface area (TPSA) is 117 Å². The molecule has 7 rings (SSSR count). The van der Waals surface area contributed by atoms with Crippen LogP contribution in [0.5, 0.6) is 0 Å². The number of carbonyl (C=O) groups excluding carboxylic acids is 4. The lowest BCUT2D eigenvalue weighted by atomic mass is 9.82. The molecule has 8 nitrogen and oxygen atoms in total. The molecule has 4 aromatic carbocycles. The first kappa shape index (κ1) is 31.4. The van der Waals surface area contributed by atoms with Crippen LogP contribution in [-0.4, -0.2) is 35.1 Å². The predicted octanol–water partition coefficient (Wildman–Crippen LogP) is 9.71. The van der Waals surface area contributed by atoms with Crippen molar-refractivity contribution in [2.45, 2.75) is 0 Å². The lowest BCUT2D eigenvalue weighted by molar-refractivity contribution is 0.0980. The Kier molecular flexibility index (Phi) is 7.66. The van der Waals surface area contributed by atoms with Crippen LogP contribution in [0.25, 0.3) is 0 Å². The zero-order valence-electron chi connectivity index (χ0n) is 22.0. The van der Waals surface area contributed by atoms with Gasteiger partial charge < -0.3 is 10.6 Å². The average molecular weight is 772 g/mol. The first-order valence-electron chi connectivity index (χ1n) is 12.7. The molecule has 0 spiro atoms. The van der Waals surface area contributed by atoms with Gasteiger partial charge in [-0.05, 0) is 12.1 Å². The molecular weight excluding hydrogens is 764 g/mol. The summed E-state index contributed by atoms with van der Waals surface area (Å²) in [6, 6.07) is 9.09. The first-order valence-corrected chi connectivity index (χ1v) is 15.7. The maximum atomic E-state index is 14.0. The van der Waals surface area contributed by atoms with E-state index in [9.17, 15) is 19.2 Å². The lowest BCUT2D eigenvalue weighted by Gasteiger charge is -2.23. The molecule has 0 unspecified atom stereocenters. The SMILES string of the molecule is O=C1c2cccc(NC3=NC(=O)c4c(Cl)c(Cl)c(Cl)c(Cl)c43)c2C(=O)c2cccc(NC3=NC(=O)c4c(Cl)c(Cl)c(Cl)c(Cl)c43)c21. The number of benzene rings is 4. The summed E-state index contributed by atoms with van der Waals surface area (Å²) in [4.78, 5) is 61.6. The molecule has 0 aromatic heterocycles. The molecular formula is C30H8Cl8N4O4. The van der Waals surface area contributed by atoms with Crippen LogP contribution < -0.4 is 10.6 Å². The highest BCUT2D eigenvalue weighted by atomic mass is 35.5. The Morgan fingerprint density at radius 1 is 0.413 bits per heavy atom. The predicted molar refractivity (Wildman–Crippen MR) is 182 cm³/mol. The number of ketones is 2. The highest BCUT2D eigenvalue weighted by molar-refractivity contribution is 6.56. The van der Waals surface area contributed by atoms with Crippen molar-refractivity contribution in [1.82, 2.24) is 0 Å². The number of anilines is 2. The van der Waals surface area contributed by atoms with Gasteiger partial charge in [0.25, 0.3) is 11.8 Å². The average Bonchev–Trinajstić information content (AvgIpc) is 3.54. The van der Waals surface area contributed by atoms with Crippen LogP contribution in [0, 0.1) is 0 Å². The summed E-state index contributed by atoms with van der Waals surface area (Å²) in [5, 5.41) is 5.11. The number of hydrogen-bond acceptors (Lipinski definition) is 6. The monoisotopic (exact) mass is 768 g/mol. The van der Waals surface area contributed by atoms with Gasteiger partial charge in [0.2, 0.25) is 0 Å². The number of rotatable bonds is 2. The number of amidine groups is 2. The third-order valence-corrected chi connectivity index (χ3v) is 11.0. The molecule has 1 aliphatic carbocycles. The molecule has 0 fully saturated rings. The molecule has 2 N–H and O–H groups in total. The van der Waals surface area contributed by atoms with Gasteiger partial charge >= 0.3 is 0 Å². The van der Waals surface area contributed by atoms with E-state index < -0.39 is 23.4 Å². The molecule has 16 heteroatoms. The number of fused-ring (bicyclic) bond motifs is 4. The first-order chi connectivity index (χ1) is 21.8. The van der Waals surface area contributed by atoms with E-state index in [1.807, 2.05) is 0 Å². The smallest absolute Gasteiger partial charge is 0.281 e. The van der Waals surface area contributed by atoms with E-state index in [0.29, 0.717) is 0 Å². The van der Waals surface area contributed by atoms with Crippen molar-refractivity contribution in [2.75, 3.05) is 10.6 Å². The van der Waals surface area contributed by atoms with Gasteiger partial charge in [0.05, 0.1) is 84.9 Å². The number of nitrogens with one attached hydrogen (secondary N) is 2. The molecule has 228 valence electrons. The fourth-order valence-corrected chi connectivity index (χ4v) is 7.47. The zero-order valence-corrected chi connectivity index (χ0v) is 28.1. The van der Waals surface area contributed by atoms with E-state index in [1.165, 1.54) is 24.3 Å². The van der Waals surface area contributed by atoms with Crippen LogP contribution in [0.2, 0.25) is 40.2 Å². The highest BCUT2D eigenvalue weighted by Gasteiger charge is 2.38. The summed E-state index contributed by atoms with van der Waals surface area (Å²) in [6.07, 6.45) is 0. The largest absolute Gasteiger partial charge is 0.339 e. The molecule has 4 aromatic rings. The molecule has 2 amide bonds. The van der Waals surface area contributed by atoms with Crippen molar-refractivity contribution in [3.8, 4) is 0 Å². The van der Waals surface area contributed by atoms with Crippen LogP contribution in [-0.2, 0) is 0 Å². The van der Waals surface area contributed by atoms with Gasteiger partial charge in [-0.15, -0.1) is 0 Å². The van der Waals surface area contributed by atoms with Crippen LogP contribution in [0.15, 0.2) is 46.4 Å². The van der Waals surface area contributed by atoms with Gasteiger partial charge in [-0.1, -0.05) is 117 Å². The molecule has 0 saturated carbocycles. The summed E-state index contributed by atoms with van der Waals surface area (Å²) in [7, 11) is 0. The fourth-order valence-electron chi connectivity index (χ4n) is 5.42. The van der Waals surface area contributed by atoms with Crippen molar-refractivity contribution >= 4 is 139 Å². The molecule has 0 bridgehead atoms. The standard InChI is InChI=1S/C30H8Cl8N4O4/c31-17-13-15(19(33)23(37)21(17)35)29(45)41-27(13)39-9-5-1-3-7-11(9)26(44)8-4-2-6-10(12(8)25(7)43)40-28-14-16(30(46)42-28)20(34)24(38)22(36)18(14)32/h1-6H,(H,39,41,45)(H,40,42,46). The van der Waals surface area contributed by atoms with Crippen molar-refractivity contribution in [3.05, 3.63) is 121 Å². The third-order valence-electron chi connectivity index (χ3n) is 7.44. The third kappa shape index (κ3) is 4.43. The molecule has 2 aliphatic heterocycles. The van der Waals surface area contributed by atoms with Crippen LogP contribution in [0.4, 0.5) is 11.4 Å². The quantitative estimate of drug-likeness (QED) is 0.136. The minimum Gasteiger partial charge on any atom is -0.339 e. The minimum atomic E-state index is -0.726. The second kappa shape index (κ2) is 11.2. The minimum absolute atomic E-state index is 0.0120. The molecule has 2 heterocycles. The molecule has 0 saturated heterocycles. The number of hydrogen-bond donors (Lipinski definition) is 2. The van der Waals surface area contributed by atoms with Crippen molar-refractivity contribution in [2.24, 2.45) is 9.98 Å². The molecule has 0 radical (unpaired) electrons. The van der Waals surface area contributed by atoms with Gasteiger partial charge in [0.1, 0.15) is 11.7 Å². The number of nitrogens with zero attached hydrogens (tertiary/aromatic N) is 2. The maximum absolute atomic E-state index is 14.0. The summed E-state index contributed by atoms with van der Waals surface area (Å²) in [5.41, 5.74) is 0.497. The number of carbonyl (C=O) groups is 4. The summed E-state index contributed by atoms with van der Waals surface area (Å²) in [5.74, 6) is -2.59. The second-order valence-electron chi connectivity index (χ2n) is 9.91. The normalized spacial score (nSPS) is 14.5. The Bertz CT molecular complexity index is 2120. The van der Waals surface area contributed by atoms with Crippen LogP contribution >= 0.6 is 92.8 Å². The molecule has 3 aliphatic rings. The number of aliphatic imine (C=N–C) groups is 2. The highest BCUT2D eigenvalue weighted by Crippen LogP contribution is 2.46. The Hall–Kier alpha value is -3.18. The zero-order chi connectivity index (χ0) is 32.9. The Morgan fingerprint density at radius 3 is 1.09 bits per heavy atom. The van der Waals surface area contributed by atoms with E-state index in [-0.39, 0.29) is 108 Å². The van der Waals surface area contributed by atoms with Gasteiger partial charge in [-0.3, -0.25) is 19.2 Å². The van der Waals surface area contributed by atoms with Gasteiger partial charge in [-0.2, -0.15) is 9.98 Å². The fraction of sp³-hybridized carbons (Fsp3) is 0. The Labute approximate surface area is 298 Å². The second-order valence-corrected chi connectivity index (χ2v) is 12.9. The molecule has 46 heavy (non-hydrogen) atoms. The van der Waals surface area contributed by atoms with E-state index in [2.05, 4.69) is 20.6 Å². The summed E-state index contributed by atoms with van der Waals surface area (Å²) >= 11 is 50.2. The van der Waals surface area contributed by atoms with Gasteiger partial charge in [0.15, 0.2) is 11.6 Å². The number of halogens is 8. The van der Waals surface area contributed by atoms with E-state index in [4.69, 9.17) is 92.8 Å². The van der Waals surface area contributed by atoms with Crippen LogP contribution in [0.1, 0.15) is 63.7 Å². The molecule has 0 atom stereocenters. The van der Waals surface area contributed by atoms with Crippen LogP contribution in [0.3, 0.4) is 0 Å². The van der Waals surface area contributed by atoms with Gasteiger partial charge in [0, 0.05) is 11.1 Å². The Morgan fingerprint density at radius 2 is 0.739 bits per heavy atom. The van der Waals surface area contributed by atoms with E-state index >= 15 is 0 Å². The summed E-state index contributed by atoms with van der Waals surface area (Å²) in [6.45, 7) is 0. The lowest BCUT2D eigenvalue weighted by Crippen LogP contribution is -2.26. The Balaban J connectivity index is 1.29.